The second-order valence-corrected chi connectivity index (χ2v) is 5.00. The third-order valence-electron chi connectivity index (χ3n) is 3.01. The quantitative estimate of drug-likeness (QED) is 0.840. The highest BCUT2D eigenvalue weighted by Gasteiger charge is 2.43. The Hall–Kier alpha value is -3.30. The number of ether oxygens (including phenoxy) is 3. The number of rotatable bonds is 4. The second-order valence-electron chi connectivity index (χ2n) is 5.00. The third kappa shape index (κ3) is 3.97. The highest BCUT2D eigenvalue weighted by molar-refractivity contribution is 5.95. The van der Waals surface area contributed by atoms with Gasteiger partial charge in [0.2, 0.25) is 0 Å². The molecule has 2 heterocycles. The normalized spacial score (nSPS) is 14.0. The van der Waals surface area contributed by atoms with Crippen LogP contribution in [0.3, 0.4) is 0 Å². The van der Waals surface area contributed by atoms with Gasteiger partial charge < -0.3 is 19.5 Å². The van der Waals surface area contributed by atoms with E-state index in [9.17, 15) is 18.4 Å². The predicted molar refractivity (Wildman–Crippen MR) is 78.3 cm³/mol. The highest BCUT2D eigenvalue weighted by atomic mass is 19.3. The first-order valence-electron chi connectivity index (χ1n) is 6.98. The number of halogens is 2. The molecule has 0 saturated heterocycles. The summed E-state index contributed by atoms with van der Waals surface area (Å²) >= 11 is 0. The number of amides is 1. The van der Waals surface area contributed by atoms with Crippen LogP contribution in [0.25, 0.3) is 0 Å². The molecule has 1 N–H and O–H groups in total. The summed E-state index contributed by atoms with van der Waals surface area (Å²) in [5.41, 5.74) is 0.766. The van der Waals surface area contributed by atoms with E-state index in [2.05, 4.69) is 24.8 Å². The summed E-state index contributed by atoms with van der Waals surface area (Å²) in [4.78, 5) is 31.2. The first-order valence-corrected chi connectivity index (χ1v) is 6.98. The Balaban J connectivity index is 1.55. The van der Waals surface area contributed by atoms with Crippen LogP contribution in [0, 0.1) is 6.92 Å². The Labute approximate surface area is 139 Å². The van der Waals surface area contributed by atoms with Crippen molar-refractivity contribution in [3.63, 3.8) is 0 Å². The van der Waals surface area contributed by atoms with Crippen molar-refractivity contribution in [2.75, 3.05) is 11.9 Å². The molecule has 130 valence electrons. The van der Waals surface area contributed by atoms with Gasteiger partial charge in [-0.05, 0) is 19.1 Å². The number of hydrogen-bond donors (Lipinski definition) is 1. The van der Waals surface area contributed by atoms with Gasteiger partial charge in [0.05, 0.1) is 11.9 Å². The van der Waals surface area contributed by atoms with Crippen molar-refractivity contribution in [1.29, 1.82) is 0 Å². The van der Waals surface area contributed by atoms with Crippen LogP contribution in [0.1, 0.15) is 16.2 Å². The molecule has 25 heavy (non-hydrogen) atoms. The number of aryl methyl sites for hydroxylation is 1. The number of anilines is 1. The van der Waals surface area contributed by atoms with Crippen LogP contribution >= 0.6 is 0 Å². The molecular weight excluding hydrogens is 340 g/mol. The molecule has 0 radical (unpaired) electrons. The van der Waals surface area contributed by atoms with Crippen LogP contribution in [0.5, 0.6) is 11.5 Å². The average Bonchev–Trinajstić information content (AvgIpc) is 2.86. The van der Waals surface area contributed by atoms with Gasteiger partial charge in [-0.15, -0.1) is 8.78 Å². The van der Waals surface area contributed by atoms with Gasteiger partial charge in [-0.1, -0.05) is 0 Å². The van der Waals surface area contributed by atoms with Gasteiger partial charge in [-0.3, -0.25) is 9.78 Å². The molecule has 8 nitrogen and oxygen atoms in total. The van der Waals surface area contributed by atoms with Gasteiger partial charge in [0.15, 0.2) is 23.8 Å². The van der Waals surface area contributed by atoms with E-state index in [0.29, 0.717) is 5.69 Å². The topological polar surface area (TPSA) is 99.6 Å². The number of nitrogens with zero attached hydrogens (tertiary/aromatic N) is 2. The minimum Gasteiger partial charge on any atom is -0.451 e. The summed E-state index contributed by atoms with van der Waals surface area (Å²) < 4.78 is 39.2. The second kappa shape index (κ2) is 6.30. The molecule has 1 aromatic heterocycles. The lowest BCUT2D eigenvalue weighted by molar-refractivity contribution is -0.286. The maximum Gasteiger partial charge on any atom is 0.586 e. The average molecular weight is 351 g/mol. The summed E-state index contributed by atoms with van der Waals surface area (Å²) in [7, 11) is 0. The first-order chi connectivity index (χ1) is 11.8. The minimum atomic E-state index is -3.74. The number of esters is 1. The SMILES string of the molecule is Cc1cnc(C(=O)OCC(=O)Nc2ccc3c(c2)OC(F)(F)O3)cn1. The summed E-state index contributed by atoms with van der Waals surface area (Å²) in [5.74, 6) is -1.84. The maximum atomic E-state index is 12.9. The zero-order valence-corrected chi connectivity index (χ0v) is 12.8. The number of aromatic nitrogens is 2. The molecule has 1 aromatic carbocycles. The van der Waals surface area contributed by atoms with Gasteiger partial charge in [0.25, 0.3) is 5.91 Å². The molecule has 0 aliphatic carbocycles. The van der Waals surface area contributed by atoms with E-state index in [4.69, 9.17) is 4.74 Å². The number of benzene rings is 1. The fourth-order valence-electron chi connectivity index (χ4n) is 1.93. The summed E-state index contributed by atoms with van der Waals surface area (Å²) in [6.45, 7) is 1.12. The molecular formula is C15H11F2N3O5. The zero-order chi connectivity index (χ0) is 18.0. The standard InChI is InChI=1S/C15H11F2N3O5/c1-8-5-19-10(6-18-8)14(22)23-7-13(21)20-9-2-3-11-12(4-9)25-15(16,17)24-11/h2-6H,7H2,1H3,(H,20,21). The van der Waals surface area contributed by atoms with Crippen LogP contribution in [-0.2, 0) is 9.53 Å². The Bertz CT molecular complexity index is 826. The number of hydrogen-bond acceptors (Lipinski definition) is 7. The van der Waals surface area contributed by atoms with Crippen LogP contribution in [0.4, 0.5) is 14.5 Å². The number of carbonyl (C=O) groups is 2. The van der Waals surface area contributed by atoms with Crippen molar-refractivity contribution >= 4 is 17.6 Å². The molecule has 1 amide bonds. The van der Waals surface area contributed by atoms with E-state index in [1.165, 1.54) is 30.6 Å². The lowest BCUT2D eigenvalue weighted by atomic mass is 10.3. The molecule has 0 fully saturated rings. The number of alkyl halides is 2. The molecule has 0 spiro atoms. The molecule has 0 saturated carbocycles. The zero-order valence-electron chi connectivity index (χ0n) is 12.8. The van der Waals surface area contributed by atoms with Gasteiger partial charge in [-0.25, -0.2) is 9.78 Å². The van der Waals surface area contributed by atoms with E-state index in [-0.39, 0.29) is 22.9 Å². The van der Waals surface area contributed by atoms with E-state index in [1.807, 2.05) is 0 Å². The molecule has 1 aliphatic heterocycles. The maximum absolute atomic E-state index is 12.9. The summed E-state index contributed by atoms with van der Waals surface area (Å²) in [6.07, 6.45) is -1.12. The van der Waals surface area contributed by atoms with Crippen LogP contribution in [0.15, 0.2) is 30.6 Å². The Morgan fingerprint density at radius 3 is 2.68 bits per heavy atom. The number of fused-ring (bicyclic) bond motifs is 1. The van der Waals surface area contributed by atoms with Crippen LogP contribution in [-0.4, -0.2) is 34.7 Å². The summed E-state index contributed by atoms with van der Waals surface area (Å²) in [6, 6.07) is 3.73. The Morgan fingerprint density at radius 1 is 1.20 bits per heavy atom. The highest BCUT2D eigenvalue weighted by Crippen LogP contribution is 2.42. The van der Waals surface area contributed by atoms with Crippen LogP contribution in [0.2, 0.25) is 0 Å². The fraction of sp³-hybridized carbons (Fsp3) is 0.200. The third-order valence-corrected chi connectivity index (χ3v) is 3.01. The van der Waals surface area contributed by atoms with E-state index >= 15 is 0 Å². The van der Waals surface area contributed by atoms with E-state index in [1.54, 1.807) is 6.92 Å². The van der Waals surface area contributed by atoms with Crippen molar-refractivity contribution in [2.24, 2.45) is 0 Å². The largest absolute Gasteiger partial charge is 0.586 e. The van der Waals surface area contributed by atoms with Crippen molar-refractivity contribution in [1.82, 2.24) is 9.97 Å². The lowest BCUT2D eigenvalue weighted by Crippen LogP contribution is -2.25. The molecule has 0 atom stereocenters. The van der Waals surface area contributed by atoms with Crippen molar-refractivity contribution in [3.05, 3.63) is 42.0 Å². The molecule has 1 aliphatic rings. The van der Waals surface area contributed by atoms with E-state index < -0.39 is 24.8 Å². The smallest absolute Gasteiger partial charge is 0.451 e. The van der Waals surface area contributed by atoms with Gasteiger partial charge in [0, 0.05) is 18.0 Å². The van der Waals surface area contributed by atoms with Gasteiger partial charge >= 0.3 is 12.3 Å². The van der Waals surface area contributed by atoms with Crippen LogP contribution < -0.4 is 14.8 Å². The van der Waals surface area contributed by atoms with Crippen molar-refractivity contribution in [2.45, 2.75) is 13.2 Å². The molecule has 0 bridgehead atoms. The Morgan fingerprint density at radius 2 is 1.96 bits per heavy atom. The molecule has 10 heteroatoms. The van der Waals surface area contributed by atoms with Crippen molar-refractivity contribution < 1.29 is 32.6 Å². The number of nitrogens with one attached hydrogen (secondary N) is 1. The van der Waals surface area contributed by atoms with Gasteiger partial charge in [0.1, 0.15) is 0 Å². The first kappa shape index (κ1) is 16.6. The molecule has 3 rings (SSSR count). The predicted octanol–water partition coefficient (Wildman–Crippen LogP) is 1.90. The van der Waals surface area contributed by atoms with E-state index in [0.717, 1.165) is 0 Å². The fourth-order valence-corrected chi connectivity index (χ4v) is 1.93. The minimum absolute atomic E-state index is 0.0382. The lowest BCUT2D eigenvalue weighted by Gasteiger charge is -2.07. The molecule has 2 aromatic rings. The molecule has 0 unspecified atom stereocenters. The number of carbonyl (C=O) groups excluding carboxylic acids is 2. The monoisotopic (exact) mass is 351 g/mol. The van der Waals surface area contributed by atoms with Gasteiger partial charge in [-0.2, -0.15) is 0 Å². The summed E-state index contributed by atoms with van der Waals surface area (Å²) in [5, 5.41) is 2.38. The Kier molecular flexibility index (Phi) is 4.17. The van der Waals surface area contributed by atoms with Crippen molar-refractivity contribution in [3.8, 4) is 11.5 Å².